The largest absolute Gasteiger partial charge is 0.478 e. The fraction of sp³-hybridized carbons (Fsp3) is 0.273. The summed E-state index contributed by atoms with van der Waals surface area (Å²) in [5.41, 5.74) is -1.09. The second-order valence-electron chi connectivity index (χ2n) is 7.92. The maximum absolute atomic E-state index is 13.4. The molecule has 2 aliphatic rings. The molecule has 31 heavy (non-hydrogen) atoms. The van der Waals surface area contributed by atoms with E-state index in [1.54, 1.807) is 50.2 Å². The van der Waals surface area contributed by atoms with Crippen molar-refractivity contribution in [2.24, 2.45) is 0 Å². The van der Waals surface area contributed by atoms with Gasteiger partial charge in [0.2, 0.25) is 11.6 Å². The van der Waals surface area contributed by atoms with E-state index in [-0.39, 0.29) is 28.8 Å². The molecule has 4 rings (SSSR count). The van der Waals surface area contributed by atoms with Crippen LogP contribution in [0.3, 0.4) is 0 Å². The number of carbonyl (C=O) groups excluding carboxylic acids is 2. The van der Waals surface area contributed by atoms with Gasteiger partial charge in [0.1, 0.15) is 0 Å². The number of amides is 2. The Morgan fingerprint density at radius 1 is 1.00 bits per heavy atom. The van der Waals surface area contributed by atoms with Crippen molar-refractivity contribution in [3.63, 3.8) is 0 Å². The van der Waals surface area contributed by atoms with E-state index in [9.17, 15) is 29.4 Å². The molecule has 0 bridgehead atoms. The van der Waals surface area contributed by atoms with Gasteiger partial charge in [-0.2, -0.15) is 0 Å². The van der Waals surface area contributed by atoms with Crippen molar-refractivity contribution in [2.45, 2.75) is 36.1 Å². The average molecular weight is 440 g/mol. The molecule has 0 aromatic heterocycles. The molecule has 0 aliphatic carbocycles. The number of nitrogens with one attached hydrogen (secondary N) is 1. The number of rotatable bonds is 5. The first-order valence-corrected chi connectivity index (χ1v) is 10.5. The fourth-order valence-corrected chi connectivity index (χ4v) is 5.97. The van der Waals surface area contributed by atoms with Crippen molar-refractivity contribution in [2.75, 3.05) is 0 Å². The van der Waals surface area contributed by atoms with Crippen molar-refractivity contribution < 1.29 is 29.4 Å². The lowest BCUT2D eigenvalue weighted by Gasteiger charge is -2.46. The van der Waals surface area contributed by atoms with E-state index in [1.807, 2.05) is 0 Å². The van der Waals surface area contributed by atoms with Gasteiger partial charge in [-0.05, 0) is 37.1 Å². The zero-order valence-electron chi connectivity index (χ0n) is 16.8. The summed E-state index contributed by atoms with van der Waals surface area (Å²) in [4.78, 5) is 51.0. The van der Waals surface area contributed by atoms with Crippen LogP contribution < -0.4 is 5.32 Å². The van der Waals surface area contributed by atoms with Gasteiger partial charge in [-0.1, -0.05) is 36.4 Å². The topological polar surface area (TPSA) is 124 Å². The maximum atomic E-state index is 13.4. The van der Waals surface area contributed by atoms with Crippen LogP contribution in [0.2, 0.25) is 0 Å². The van der Waals surface area contributed by atoms with E-state index < -0.39 is 28.3 Å². The summed E-state index contributed by atoms with van der Waals surface area (Å²) in [6, 6.07) is 12.7. The second kappa shape index (κ2) is 7.12. The fourth-order valence-electron chi connectivity index (χ4n) is 4.28. The Kier molecular flexibility index (Phi) is 4.81. The third-order valence-electron chi connectivity index (χ3n) is 5.79. The van der Waals surface area contributed by atoms with Crippen LogP contribution in [0.25, 0.3) is 11.1 Å². The number of aliphatic carboxylic acids is 1. The second-order valence-corrected chi connectivity index (χ2v) is 9.72. The smallest absolute Gasteiger partial charge is 0.352 e. The predicted molar refractivity (Wildman–Crippen MR) is 114 cm³/mol. The van der Waals surface area contributed by atoms with Crippen molar-refractivity contribution in [3.8, 4) is 11.1 Å². The third kappa shape index (κ3) is 2.99. The standard InChI is InChI=1S/C22H20N2O6S/c1-21(2)22(20(29)30,24-16(25)11-17(24)31-21)23-18(26)14-9-5-3-7-12(14)13-8-4-6-10-15(13)19(27)28/h3-10,17H,11H2,1-2H3,(H,23,26)(H,27,28)(H,29,30)/t17-,22+/m1/s1. The number of carboxylic acids is 2. The molecule has 2 atom stereocenters. The molecule has 0 saturated carbocycles. The number of hydrogen-bond donors (Lipinski definition) is 3. The minimum absolute atomic E-state index is 0.0189. The average Bonchev–Trinajstić information content (AvgIpc) is 2.90. The van der Waals surface area contributed by atoms with Gasteiger partial charge in [-0.25, -0.2) is 9.59 Å². The summed E-state index contributed by atoms with van der Waals surface area (Å²) < 4.78 is -0.987. The van der Waals surface area contributed by atoms with Crippen molar-refractivity contribution in [3.05, 3.63) is 59.7 Å². The molecule has 3 N–H and O–H groups in total. The van der Waals surface area contributed by atoms with Gasteiger partial charge in [0.25, 0.3) is 5.91 Å². The summed E-state index contributed by atoms with van der Waals surface area (Å²) >= 11 is 1.33. The summed E-state index contributed by atoms with van der Waals surface area (Å²) in [5, 5.41) is 22.0. The molecule has 160 valence electrons. The number of β-lactam (4-membered cyclic amide) rings is 1. The highest BCUT2D eigenvalue weighted by atomic mass is 32.2. The lowest BCUT2D eigenvalue weighted by Crippen LogP contribution is -2.75. The Bertz CT molecular complexity index is 1130. The van der Waals surface area contributed by atoms with E-state index in [1.165, 1.54) is 28.8 Å². The number of aromatic carboxylic acids is 1. The van der Waals surface area contributed by atoms with Crippen molar-refractivity contribution in [1.82, 2.24) is 10.2 Å². The summed E-state index contributed by atoms with van der Waals surface area (Å²) in [6.45, 7) is 3.37. The molecule has 2 saturated heterocycles. The SMILES string of the molecule is CC1(C)S[C@@H]2CC(=O)N2[C@@]1(NC(=O)c1ccccc1-c1ccccc1C(=O)O)C(=O)O. The predicted octanol–water partition coefficient (Wildman–Crippen LogP) is 2.65. The Balaban J connectivity index is 1.80. The van der Waals surface area contributed by atoms with Gasteiger partial charge in [-0.15, -0.1) is 11.8 Å². The van der Waals surface area contributed by atoms with E-state index >= 15 is 0 Å². The lowest BCUT2D eigenvalue weighted by atomic mass is 9.88. The Hall–Kier alpha value is -3.33. The Morgan fingerprint density at radius 2 is 1.55 bits per heavy atom. The highest BCUT2D eigenvalue weighted by Crippen LogP contribution is 2.55. The lowest BCUT2D eigenvalue weighted by molar-refractivity contribution is -0.170. The zero-order valence-corrected chi connectivity index (χ0v) is 17.6. The number of fused-ring (bicyclic) bond motifs is 1. The molecule has 0 spiro atoms. The van der Waals surface area contributed by atoms with Crippen LogP contribution in [0.15, 0.2) is 48.5 Å². The van der Waals surface area contributed by atoms with Gasteiger partial charge >= 0.3 is 11.9 Å². The highest BCUT2D eigenvalue weighted by molar-refractivity contribution is 8.01. The van der Waals surface area contributed by atoms with Gasteiger partial charge in [0.05, 0.1) is 22.1 Å². The van der Waals surface area contributed by atoms with E-state index in [2.05, 4.69) is 5.32 Å². The molecule has 8 nitrogen and oxygen atoms in total. The summed E-state index contributed by atoms with van der Waals surface area (Å²) in [7, 11) is 0. The molecule has 2 aliphatic heterocycles. The molecule has 2 amide bonds. The van der Waals surface area contributed by atoms with Gasteiger partial charge in [-0.3, -0.25) is 14.5 Å². The van der Waals surface area contributed by atoms with Gasteiger partial charge in [0, 0.05) is 5.56 Å². The van der Waals surface area contributed by atoms with Crippen molar-refractivity contribution >= 4 is 35.5 Å². The molecule has 2 fully saturated rings. The van der Waals surface area contributed by atoms with Crippen LogP contribution in [-0.4, -0.2) is 54.6 Å². The van der Waals surface area contributed by atoms with Crippen LogP contribution in [0.1, 0.15) is 41.0 Å². The zero-order chi connectivity index (χ0) is 22.6. The molecule has 0 unspecified atom stereocenters. The number of hydrogen-bond acceptors (Lipinski definition) is 5. The first-order valence-electron chi connectivity index (χ1n) is 9.58. The van der Waals surface area contributed by atoms with Gasteiger partial charge < -0.3 is 15.5 Å². The first kappa shape index (κ1) is 20.9. The minimum Gasteiger partial charge on any atom is -0.478 e. The maximum Gasteiger partial charge on any atom is 0.352 e. The van der Waals surface area contributed by atoms with Crippen molar-refractivity contribution in [1.29, 1.82) is 0 Å². The summed E-state index contributed by atoms with van der Waals surface area (Å²) in [6.07, 6.45) is 0.224. The number of carboxylic acid groups (broad SMARTS) is 2. The van der Waals surface area contributed by atoms with Crippen LogP contribution in [0.4, 0.5) is 0 Å². The highest BCUT2D eigenvalue weighted by Gasteiger charge is 2.70. The molecule has 2 aromatic rings. The van der Waals surface area contributed by atoms with E-state index in [0.717, 1.165) is 0 Å². The Morgan fingerprint density at radius 3 is 2.10 bits per heavy atom. The number of thioether (sulfide) groups is 1. The molecule has 2 heterocycles. The monoisotopic (exact) mass is 440 g/mol. The van der Waals surface area contributed by atoms with Crippen LogP contribution >= 0.6 is 11.8 Å². The van der Waals surface area contributed by atoms with Gasteiger partial charge in [0.15, 0.2) is 0 Å². The van der Waals surface area contributed by atoms with Crippen LogP contribution in [0, 0.1) is 0 Å². The first-order chi connectivity index (χ1) is 14.6. The number of nitrogens with zero attached hydrogens (tertiary/aromatic N) is 1. The molecular weight excluding hydrogens is 420 g/mol. The molecule has 9 heteroatoms. The number of carbonyl (C=O) groups is 4. The van der Waals surface area contributed by atoms with E-state index in [0.29, 0.717) is 11.1 Å². The normalized spacial score (nSPS) is 23.6. The molecule has 2 aromatic carbocycles. The third-order valence-corrected chi connectivity index (χ3v) is 7.33. The number of benzene rings is 2. The molecular formula is C22H20N2O6S. The van der Waals surface area contributed by atoms with Crippen LogP contribution in [0.5, 0.6) is 0 Å². The Labute approximate surface area is 182 Å². The minimum atomic E-state index is -1.92. The van der Waals surface area contributed by atoms with Crippen LogP contribution in [-0.2, 0) is 9.59 Å². The van der Waals surface area contributed by atoms with E-state index in [4.69, 9.17) is 0 Å². The summed E-state index contributed by atoms with van der Waals surface area (Å²) in [5.74, 6) is -3.50. The molecule has 0 radical (unpaired) electrons. The quantitative estimate of drug-likeness (QED) is 0.611.